The second-order valence-electron chi connectivity index (χ2n) is 5.91. The Balaban J connectivity index is 2.50. The van der Waals surface area contributed by atoms with E-state index in [-0.39, 0.29) is 17.7 Å². The molecule has 1 aromatic heterocycles. The molecule has 22 heavy (non-hydrogen) atoms. The van der Waals surface area contributed by atoms with Gasteiger partial charge >= 0.3 is 5.97 Å². The van der Waals surface area contributed by atoms with Crippen LogP contribution in [-0.2, 0) is 10.2 Å². The summed E-state index contributed by atoms with van der Waals surface area (Å²) >= 11 is 0. The Hall–Kier alpha value is -2.37. The number of hydrogen-bond donors (Lipinski definition) is 1. The zero-order valence-corrected chi connectivity index (χ0v) is 13.6. The Kier molecular flexibility index (Phi) is 4.49. The number of nitrogens with zero attached hydrogens (tertiary/aromatic N) is 2. The van der Waals surface area contributed by atoms with Gasteiger partial charge in [-0.2, -0.15) is 10.3 Å². The first kappa shape index (κ1) is 16.0. The average molecular weight is 303 g/mol. The summed E-state index contributed by atoms with van der Waals surface area (Å²) in [5, 5.41) is 10.4. The molecular weight excluding hydrogens is 282 g/mol. The normalized spacial score (nSPS) is 11.3. The molecule has 0 spiro atoms. The second kappa shape index (κ2) is 6.17. The van der Waals surface area contributed by atoms with Crippen LogP contribution in [0.5, 0.6) is 5.75 Å². The zero-order chi connectivity index (χ0) is 16.3. The fourth-order valence-corrected chi connectivity index (χ4v) is 2.11. The lowest BCUT2D eigenvalue weighted by Crippen LogP contribution is -2.11. The van der Waals surface area contributed by atoms with Gasteiger partial charge in [0, 0.05) is 5.56 Å². The number of benzene rings is 1. The number of carbonyl (C=O) groups excluding carboxylic acids is 1. The molecular formula is C16H21N3O3. The van der Waals surface area contributed by atoms with Crippen molar-refractivity contribution in [3.05, 3.63) is 29.5 Å². The van der Waals surface area contributed by atoms with E-state index in [2.05, 4.69) is 36.2 Å². The van der Waals surface area contributed by atoms with Crippen molar-refractivity contribution < 1.29 is 14.3 Å². The highest BCUT2D eigenvalue weighted by Gasteiger charge is 2.23. The number of hydrogen-bond acceptors (Lipinski definition) is 5. The van der Waals surface area contributed by atoms with E-state index in [0.717, 1.165) is 5.56 Å². The van der Waals surface area contributed by atoms with Crippen LogP contribution in [0.3, 0.4) is 0 Å². The summed E-state index contributed by atoms with van der Waals surface area (Å²) in [4.78, 5) is 11.9. The van der Waals surface area contributed by atoms with E-state index in [0.29, 0.717) is 17.0 Å². The molecule has 0 amide bonds. The molecule has 2 aromatic rings. The molecule has 0 saturated carbocycles. The molecule has 0 unspecified atom stereocenters. The summed E-state index contributed by atoms with van der Waals surface area (Å²) in [5.41, 5.74) is 2.42. The number of carbonyl (C=O) groups is 1. The predicted molar refractivity (Wildman–Crippen MR) is 83.0 cm³/mol. The van der Waals surface area contributed by atoms with Crippen LogP contribution in [0.25, 0.3) is 11.3 Å². The topological polar surface area (TPSA) is 77.1 Å². The molecule has 0 aliphatic rings. The Morgan fingerprint density at radius 1 is 1.27 bits per heavy atom. The van der Waals surface area contributed by atoms with Crippen molar-refractivity contribution in [1.29, 1.82) is 0 Å². The van der Waals surface area contributed by atoms with Crippen molar-refractivity contribution in [2.45, 2.75) is 33.1 Å². The summed E-state index contributed by atoms with van der Waals surface area (Å²) in [6, 6.07) is 5.85. The van der Waals surface area contributed by atoms with Crippen LogP contribution in [0.15, 0.2) is 18.2 Å². The van der Waals surface area contributed by atoms with E-state index >= 15 is 0 Å². The van der Waals surface area contributed by atoms with Crippen LogP contribution in [0.1, 0.15) is 43.7 Å². The standard InChI is InChI=1S/C16H21N3O3/c1-6-22-15(20)14-13(17-19-18-14)11-8-7-10(16(2,3)4)9-12(11)21-5/h7-9H,6H2,1-5H3,(H,17,18,19). The van der Waals surface area contributed by atoms with Crippen LogP contribution in [-0.4, -0.2) is 35.1 Å². The Morgan fingerprint density at radius 2 is 2.00 bits per heavy atom. The van der Waals surface area contributed by atoms with Crippen LogP contribution in [0.2, 0.25) is 0 Å². The van der Waals surface area contributed by atoms with Crippen molar-refractivity contribution in [2.75, 3.05) is 13.7 Å². The van der Waals surface area contributed by atoms with Gasteiger partial charge in [-0.25, -0.2) is 4.79 Å². The first-order valence-electron chi connectivity index (χ1n) is 7.15. The van der Waals surface area contributed by atoms with Gasteiger partial charge in [0.25, 0.3) is 0 Å². The van der Waals surface area contributed by atoms with E-state index in [1.165, 1.54) is 0 Å². The summed E-state index contributed by atoms with van der Waals surface area (Å²) in [7, 11) is 1.59. The maximum atomic E-state index is 11.9. The molecule has 0 fully saturated rings. The van der Waals surface area contributed by atoms with Gasteiger partial charge in [0.15, 0.2) is 5.69 Å². The molecule has 1 heterocycles. The lowest BCUT2D eigenvalue weighted by atomic mass is 9.86. The Bertz CT molecular complexity index is 672. The van der Waals surface area contributed by atoms with E-state index < -0.39 is 5.97 Å². The number of ether oxygens (including phenoxy) is 2. The minimum atomic E-state index is -0.506. The van der Waals surface area contributed by atoms with Crippen molar-refractivity contribution in [2.24, 2.45) is 0 Å². The molecule has 0 bridgehead atoms. The molecule has 6 heteroatoms. The molecule has 6 nitrogen and oxygen atoms in total. The molecule has 118 valence electrons. The third kappa shape index (κ3) is 3.10. The number of aromatic nitrogens is 3. The third-order valence-electron chi connectivity index (χ3n) is 3.34. The second-order valence-corrected chi connectivity index (χ2v) is 5.91. The summed E-state index contributed by atoms with van der Waals surface area (Å²) in [6.45, 7) is 8.41. The number of nitrogens with one attached hydrogen (secondary N) is 1. The lowest BCUT2D eigenvalue weighted by Gasteiger charge is -2.20. The molecule has 1 aromatic carbocycles. The highest BCUT2D eigenvalue weighted by atomic mass is 16.5. The number of rotatable bonds is 4. The number of H-pyrrole nitrogens is 1. The molecule has 0 saturated heterocycles. The monoisotopic (exact) mass is 303 g/mol. The number of esters is 1. The van der Waals surface area contributed by atoms with Crippen LogP contribution in [0, 0.1) is 0 Å². The van der Waals surface area contributed by atoms with Gasteiger partial charge in [0.1, 0.15) is 11.4 Å². The van der Waals surface area contributed by atoms with Crippen LogP contribution in [0.4, 0.5) is 0 Å². The van der Waals surface area contributed by atoms with Gasteiger partial charge < -0.3 is 9.47 Å². The fraction of sp³-hybridized carbons (Fsp3) is 0.438. The van der Waals surface area contributed by atoms with E-state index in [1.807, 2.05) is 18.2 Å². The van der Waals surface area contributed by atoms with Gasteiger partial charge in [-0.3, -0.25) is 0 Å². The Labute approximate surface area is 129 Å². The zero-order valence-electron chi connectivity index (χ0n) is 13.6. The van der Waals surface area contributed by atoms with Crippen molar-refractivity contribution in [3.63, 3.8) is 0 Å². The number of aromatic amines is 1. The van der Waals surface area contributed by atoms with Gasteiger partial charge in [-0.1, -0.05) is 26.8 Å². The maximum absolute atomic E-state index is 11.9. The van der Waals surface area contributed by atoms with Crippen LogP contribution >= 0.6 is 0 Å². The fourth-order valence-electron chi connectivity index (χ4n) is 2.11. The highest BCUT2D eigenvalue weighted by molar-refractivity contribution is 5.94. The van der Waals surface area contributed by atoms with E-state index in [1.54, 1.807) is 14.0 Å². The predicted octanol–water partition coefficient (Wildman–Crippen LogP) is 2.95. The van der Waals surface area contributed by atoms with Gasteiger partial charge in [-0.05, 0) is 30.0 Å². The largest absolute Gasteiger partial charge is 0.496 e. The van der Waals surface area contributed by atoms with Gasteiger partial charge in [0.05, 0.1) is 13.7 Å². The van der Waals surface area contributed by atoms with Crippen molar-refractivity contribution >= 4 is 5.97 Å². The quantitative estimate of drug-likeness (QED) is 0.879. The molecule has 0 atom stereocenters. The molecule has 0 aliphatic carbocycles. The minimum Gasteiger partial charge on any atom is -0.496 e. The third-order valence-corrected chi connectivity index (χ3v) is 3.34. The number of methoxy groups -OCH3 is 1. The lowest BCUT2D eigenvalue weighted by molar-refractivity contribution is 0.0520. The summed E-state index contributed by atoms with van der Waals surface area (Å²) in [6.07, 6.45) is 0. The SMILES string of the molecule is CCOC(=O)c1n[nH]nc1-c1ccc(C(C)(C)C)cc1OC. The smallest absolute Gasteiger partial charge is 0.361 e. The highest BCUT2D eigenvalue weighted by Crippen LogP contribution is 2.34. The molecule has 0 aliphatic heterocycles. The van der Waals surface area contributed by atoms with Crippen molar-refractivity contribution in [1.82, 2.24) is 15.4 Å². The van der Waals surface area contributed by atoms with Crippen molar-refractivity contribution in [3.8, 4) is 17.0 Å². The molecule has 0 radical (unpaired) electrons. The van der Waals surface area contributed by atoms with E-state index in [9.17, 15) is 4.79 Å². The first-order chi connectivity index (χ1) is 10.4. The molecule has 1 N–H and O–H groups in total. The Morgan fingerprint density at radius 3 is 2.59 bits per heavy atom. The van der Waals surface area contributed by atoms with Crippen LogP contribution < -0.4 is 4.74 Å². The van der Waals surface area contributed by atoms with Gasteiger partial charge in [-0.15, -0.1) is 5.10 Å². The summed E-state index contributed by atoms with van der Waals surface area (Å²) in [5.74, 6) is 0.139. The summed E-state index contributed by atoms with van der Waals surface area (Å²) < 4.78 is 10.5. The first-order valence-corrected chi connectivity index (χ1v) is 7.15. The minimum absolute atomic E-state index is 0.000391. The molecule has 2 rings (SSSR count). The van der Waals surface area contributed by atoms with Gasteiger partial charge in [0.2, 0.25) is 0 Å². The average Bonchev–Trinajstić information content (AvgIpc) is 2.95. The van der Waals surface area contributed by atoms with E-state index in [4.69, 9.17) is 9.47 Å². The maximum Gasteiger partial charge on any atom is 0.361 e.